The number of methoxy groups -OCH3 is 2. The zero-order valence-electron chi connectivity index (χ0n) is 22.4. The Bertz CT molecular complexity index is 1400. The van der Waals surface area contributed by atoms with E-state index in [1.807, 2.05) is 23.1 Å². The SMILES string of the molecule is CCN1/C(=C/C2=CC(=C/c3sc4ccc(OC)cc4[n+]3CC)/CC(C)(C)C2)Sc2ccc(OC)cc21.[I-]. The highest BCUT2D eigenvalue weighted by Gasteiger charge is 2.29. The smallest absolute Gasteiger partial charge is 0.263 e. The summed E-state index contributed by atoms with van der Waals surface area (Å²) in [6.45, 7) is 11.1. The number of hydrogen-bond donors (Lipinski definition) is 0. The Morgan fingerprint density at radius 3 is 2.43 bits per heavy atom. The van der Waals surface area contributed by atoms with Crippen molar-refractivity contribution in [2.75, 3.05) is 25.7 Å². The van der Waals surface area contributed by atoms with E-state index < -0.39 is 0 Å². The van der Waals surface area contributed by atoms with Gasteiger partial charge in [0.2, 0.25) is 5.52 Å². The van der Waals surface area contributed by atoms with Crippen LogP contribution in [0.25, 0.3) is 16.3 Å². The first kappa shape index (κ1) is 28.0. The summed E-state index contributed by atoms with van der Waals surface area (Å²) < 4.78 is 14.7. The quantitative estimate of drug-likeness (QED) is 0.283. The molecule has 196 valence electrons. The maximum atomic E-state index is 5.49. The number of anilines is 1. The molecule has 7 heteroatoms. The molecule has 1 aliphatic carbocycles. The van der Waals surface area contributed by atoms with Crippen LogP contribution in [0.5, 0.6) is 11.5 Å². The van der Waals surface area contributed by atoms with Crippen molar-refractivity contribution in [1.29, 1.82) is 0 Å². The third-order valence-corrected chi connectivity index (χ3v) is 9.09. The molecule has 0 fully saturated rings. The van der Waals surface area contributed by atoms with Crippen molar-refractivity contribution in [1.82, 2.24) is 0 Å². The number of aryl methyl sites for hydroxylation is 1. The maximum Gasteiger partial charge on any atom is 0.263 e. The number of thiazole rings is 1. The van der Waals surface area contributed by atoms with Crippen LogP contribution in [0.3, 0.4) is 0 Å². The van der Waals surface area contributed by atoms with Gasteiger partial charge in [0, 0.05) is 23.6 Å². The van der Waals surface area contributed by atoms with Gasteiger partial charge in [-0.05, 0) is 73.6 Å². The van der Waals surface area contributed by atoms with Crippen molar-refractivity contribution in [3.63, 3.8) is 0 Å². The van der Waals surface area contributed by atoms with Crippen molar-refractivity contribution in [3.8, 4) is 11.5 Å². The van der Waals surface area contributed by atoms with Crippen molar-refractivity contribution >= 4 is 45.1 Å². The fourth-order valence-corrected chi connectivity index (χ4v) is 7.66. The summed E-state index contributed by atoms with van der Waals surface area (Å²) >= 11 is 3.71. The van der Waals surface area contributed by atoms with E-state index in [0.717, 1.165) is 37.4 Å². The van der Waals surface area contributed by atoms with Gasteiger partial charge in [-0.2, -0.15) is 4.57 Å². The van der Waals surface area contributed by atoms with Gasteiger partial charge in [-0.25, -0.2) is 0 Å². The summed E-state index contributed by atoms with van der Waals surface area (Å²) in [7, 11) is 3.46. The van der Waals surface area contributed by atoms with Crippen LogP contribution in [-0.4, -0.2) is 20.8 Å². The lowest BCUT2D eigenvalue weighted by Crippen LogP contribution is -3.00. The Hall–Kier alpha value is -1.97. The number of ether oxygens (including phenoxy) is 2. The molecule has 0 N–H and O–H groups in total. The van der Waals surface area contributed by atoms with Gasteiger partial charge in [0.1, 0.15) is 22.7 Å². The van der Waals surface area contributed by atoms with Crippen LogP contribution >= 0.6 is 23.1 Å². The maximum absolute atomic E-state index is 5.49. The van der Waals surface area contributed by atoms with Crippen LogP contribution in [0.15, 0.2) is 69.6 Å². The van der Waals surface area contributed by atoms with E-state index in [1.54, 1.807) is 14.2 Å². The molecule has 0 unspecified atom stereocenters. The number of allylic oxidation sites excluding steroid dienone is 4. The molecular formula is C30H35IN2O2S2. The van der Waals surface area contributed by atoms with Crippen molar-refractivity contribution in [2.45, 2.75) is 52.0 Å². The second-order valence-electron chi connectivity index (χ2n) is 10.1. The predicted molar refractivity (Wildman–Crippen MR) is 153 cm³/mol. The highest BCUT2D eigenvalue weighted by atomic mass is 127. The van der Waals surface area contributed by atoms with Gasteiger partial charge in [0.05, 0.1) is 31.0 Å². The Morgan fingerprint density at radius 2 is 1.73 bits per heavy atom. The zero-order valence-corrected chi connectivity index (χ0v) is 26.2. The number of fused-ring (bicyclic) bond motifs is 2. The highest BCUT2D eigenvalue weighted by Crippen LogP contribution is 2.49. The summed E-state index contributed by atoms with van der Waals surface area (Å²) in [6.07, 6.45) is 9.37. The normalized spacial score (nSPS) is 18.6. The number of rotatable bonds is 6. The average Bonchev–Trinajstić information content (AvgIpc) is 3.37. The molecule has 0 amide bonds. The number of benzene rings is 2. The molecule has 2 aromatic carbocycles. The zero-order chi connectivity index (χ0) is 25.4. The molecule has 0 spiro atoms. The van der Waals surface area contributed by atoms with E-state index in [-0.39, 0.29) is 29.4 Å². The molecule has 4 nitrogen and oxygen atoms in total. The second-order valence-corrected chi connectivity index (χ2v) is 12.3. The second kappa shape index (κ2) is 11.4. The molecule has 0 atom stereocenters. The molecule has 5 rings (SSSR count). The molecule has 2 aliphatic rings. The van der Waals surface area contributed by atoms with Crippen molar-refractivity contribution in [3.05, 3.63) is 69.7 Å². The summed E-state index contributed by atoms with van der Waals surface area (Å²) in [4.78, 5) is 3.69. The van der Waals surface area contributed by atoms with Crippen LogP contribution in [0.2, 0.25) is 0 Å². The Labute approximate surface area is 246 Å². The molecule has 0 saturated carbocycles. The standard InChI is InChI=1S/C30H35N2O2S2.HI/c1-7-31-24-16-22(33-5)9-11-26(24)35-28(31)14-20-13-21(19-30(3,4)18-20)15-29-32(8-2)25-17-23(34-6)10-12-27(25)36-29;/h9-17H,7-8,18-19H2,1-6H3;1H/q+1;/p-1. The monoisotopic (exact) mass is 646 g/mol. The summed E-state index contributed by atoms with van der Waals surface area (Å²) in [5, 5.41) is 2.59. The number of thioether (sulfide) groups is 1. The van der Waals surface area contributed by atoms with Gasteiger partial charge in [0.25, 0.3) is 5.01 Å². The van der Waals surface area contributed by atoms with Gasteiger partial charge in [0.15, 0.2) is 0 Å². The summed E-state index contributed by atoms with van der Waals surface area (Å²) in [5.41, 5.74) is 5.47. The van der Waals surface area contributed by atoms with E-state index in [0.29, 0.717) is 0 Å². The Morgan fingerprint density at radius 1 is 1.00 bits per heavy atom. The number of aromatic nitrogens is 1. The summed E-state index contributed by atoms with van der Waals surface area (Å²) in [6, 6.07) is 12.7. The largest absolute Gasteiger partial charge is 1.00 e. The van der Waals surface area contributed by atoms with Gasteiger partial charge < -0.3 is 38.4 Å². The van der Waals surface area contributed by atoms with Crippen LogP contribution < -0.4 is 42.9 Å². The summed E-state index contributed by atoms with van der Waals surface area (Å²) in [5.74, 6) is 1.81. The molecule has 0 bridgehead atoms. The number of halogens is 1. The molecular weight excluding hydrogens is 611 g/mol. The predicted octanol–water partition coefficient (Wildman–Crippen LogP) is 4.83. The van der Waals surface area contributed by atoms with Crippen LogP contribution in [0.1, 0.15) is 45.5 Å². The van der Waals surface area contributed by atoms with Crippen molar-refractivity contribution < 1.29 is 38.0 Å². The lowest BCUT2D eigenvalue weighted by Gasteiger charge is -2.31. The average molecular weight is 647 g/mol. The van der Waals surface area contributed by atoms with Crippen LogP contribution in [0.4, 0.5) is 5.69 Å². The molecule has 37 heavy (non-hydrogen) atoms. The van der Waals surface area contributed by atoms with Crippen LogP contribution in [0, 0.1) is 5.41 Å². The molecule has 3 aromatic rings. The minimum Gasteiger partial charge on any atom is -1.00 e. The van der Waals surface area contributed by atoms with Crippen LogP contribution in [-0.2, 0) is 6.54 Å². The first-order valence-corrected chi connectivity index (χ1v) is 14.2. The Balaban J connectivity index is 0.00000320. The van der Waals surface area contributed by atoms with E-state index in [4.69, 9.17) is 9.47 Å². The number of nitrogens with zero attached hydrogens (tertiary/aromatic N) is 2. The first-order chi connectivity index (χ1) is 17.3. The minimum absolute atomic E-state index is 0. The van der Waals surface area contributed by atoms with E-state index in [2.05, 4.69) is 91.8 Å². The lowest BCUT2D eigenvalue weighted by atomic mass is 9.75. The number of hydrogen-bond acceptors (Lipinski definition) is 5. The third-order valence-electron chi connectivity index (χ3n) is 6.86. The third kappa shape index (κ3) is 5.73. The molecule has 0 saturated heterocycles. The van der Waals surface area contributed by atoms with Crippen molar-refractivity contribution in [2.24, 2.45) is 5.41 Å². The molecule has 2 heterocycles. The topological polar surface area (TPSA) is 25.6 Å². The van der Waals surface area contributed by atoms with Gasteiger partial charge in [-0.3, -0.25) is 0 Å². The van der Waals surface area contributed by atoms with Gasteiger partial charge >= 0.3 is 0 Å². The fourth-order valence-electron chi connectivity index (χ4n) is 5.29. The highest BCUT2D eigenvalue weighted by molar-refractivity contribution is 8.03. The first-order valence-electron chi connectivity index (χ1n) is 12.6. The van der Waals surface area contributed by atoms with E-state index in [1.165, 1.54) is 42.0 Å². The Kier molecular flexibility index (Phi) is 8.65. The molecule has 0 radical (unpaired) electrons. The van der Waals surface area contributed by atoms with E-state index in [9.17, 15) is 0 Å². The lowest BCUT2D eigenvalue weighted by molar-refractivity contribution is -0.665. The van der Waals surface area contributed by atoms with Gasteiger partial charge in [-0.1, -0.05) is 43.0 Å². The molecule has 1 aromatic heterocycles. The molecule has 1 aliphatic heterocycles. The minimum atomic E-state index is 0. The fraction of sp³-hybridized carbons (Fsp3) is 0.367. The van der Waals surface area contributed by atoms with E-state index >= 15 is 0 Å². The van der Waals surface area contributed by atoms with Gasteiger partial charge in [-0.15, -0.1) is 0 Å².